The number of anilines is 1. The van der Waals surface area contributed by atoms with Crippen LogP contribution in [0.2, 0.25) is 0 Å². The van der Waals surface area contributed by atoms with Crippen molar-refractivity contribution in [1.82, 2.24) is 0 Å². The van der Waals surface area contributed by atoms with E-state index in [4.69, 9.17) is 0 Å². The van der Waals surface area contributed by atoms with Crippen molar-refractivity contribution in [1.29, 1.82) is 0 Å². The monoisotopic (exact) mass is 295 g/mol. The summed E-state index contributed by atoms with van der Waals surface area (Å²) in [5.41, 5.74) is 1.12. The SMILES string of the molecule is O=C(O)C1CN(S(=O)(=O)CCC2CC2)c2ccccc21. The van der Waals surface area contributed by atoms with Crippen LogP contribution in [0.4, 0.5) is 5.69 Å². The summed E-state index contributed by atoms with van der Waals surface area (Å²) in [5, 5.41) is 9.25. The lowest BCUT2D eigenvalue weighted by atomic mass is 10.0. The molecule has 0 spiro atoms. The number of carboxylic acids is 1. The van der Waals surface area contributed by atoms with E-state index in [0.717, 1.165) is 12.8 Å². The number of hydrogen-bond acceptors (Lipinski definition) is 3. The Bertz CT molecular complexity index is 636. The number of carbonyl (C=O) groups is 1. The maximum Gasteiger partial charge on any atom is 0.312 e. The average molecular weight is 295 g/mol. The Kier molecular flexibility index (Phi) is 3.20. The first-order chi connectivity index (χ1) is 9.49. The molecule has 1 heterocycles. The van der Waals surface area contributed by atoms with E-state index in [9.17, 15) is 18.3 Å². The van der Waals surface area contributed by atoms with Gasteiger partial charge in [0, 0.05) is 0 Å². The molecule has 20 heavy (non-hydrogen) atoms. The van der Waals surface area contributed by atoms with Crippen molar-refractivity contribution in [3.8, 4) is 0 Å². The summed E-state index contributed by atoms with van der Waals surface area (Å²) in [4.78, 5) is 11.3. The second kappa shape index (κ2) is 4.77. The molecule has 1 N–H and O–H groups in total. The topological polar surface area (TPSA) is 74.7 Å². The van der Waals surface area contributed by atoms with Gasteiger partial charge in [-0.1, -0.05) is 31.0 Å². The van der Waals surface area contributed by atoms with Crippen molar-refractivity contribution in [2.45, 2.75) is 25.2 Å². The van der Waals surface area contributed by atoms with Crippen LogP contribution >= 0.6 is 0 Å². The van der Waals surface area contributed by atoms with Crippen LogP contribution < -0.4 is 4.31 Å². The summed E-state index contributed by atoms with van der Waals surface area (Å²) in [7, 11) is -3.42. The Morgan fingerprint density at radius 2 is 2.00 bits per heavy atom. The van der Waals surface area contributed by atoms with E-state index < -0.39 is 21.9 Å². The molecular weight excluding hydrogens is 278 g/mol. The molecular formula is C14H17NO4S. The highest BCUT2D eigenvalue weighted by Crippen LogP contribution is 2.39. The fraction of sp³-hybridized carbons (Fsp3) is 0.500. The largest absolute Gasteiger partial charge is 0.481 e. The van der Waals surface area contributed by atoms with Crippen molar-refractivity contribution >= 4 is 21.7 Å². The number of hydrogen-bond donors (Lipinski definition) is 1. The minimum absolute atomic E-state index is 0.0156. The van der Waals surface area contributed by atoms with Crippen molar-refractivity contribution in [3.63, 3.8) is 0 Å². The fourth-order valence-electron chi connectivity index (χ4n) is 2.68. The van der Waals surface area contributed by atoms with Crippen LogP contribution in [0.25, 0.3) is 0 Å². The third-order valence-electron chi connectivity index (χ3n) is 4.04. The molecule has 5 nitrogen and oxygen atoms in total. The van der Waals surface area contributed by atoms with Crippen LogP contribution in [-0.4, -0.2) is 31.8 Å². The molecule has 0 aromatic heterocycles. The molecule has 0 radical (unpaired) electrons. The molecule has 1 aromatic rings. The summed E-state index contributed by atoms with van der Waals surface area (Å²) in [6.07, 6.45) is 2.91. The van der Waals surface area contributed by atoms with E-state index in [1.807, 2.05) is 0 Å². The van der Waals surface area contributed by atoms with Gasteiger partial charge in [-0.05, 0) is 24.0 Å². The zero-order valence-electron chi connectivity index (χ0n) is 11.0. The number of nitrogens with zero attached hydrogens (tertiary/aromatic N) is 1. The second-order valence-electron chi connectivity index (χ2n) is 5.53. The first-order valence-electron chi connectivity index (χ1n) is 6.81. The van der Waals surface area contributed by atoms with Crippen LogP contribution in [0.1, 0.15) is 30.7 Å². The van der Waals surface area contributed by atoms with E-state index in [0.29, 0.717) is 23.6 Å². The smallest absolute Gasteiger partial charge is 0.312 e. The van der Waals surface area contributed by atoms with E-state index in [-0.39, 0.29) is 12.3 Å². The van der Waals surface area contributed by atoms with Crippen molar-refractivity contribution in [2.75, 3.05) is 16.6 Å². The molecule has 1 aromatic carbocycles. The van der Waals surface area contributed by atoms with Crippen LogP contribution in [0, 0.1) is 5.92 Å². The van der Waals surface area contributed by atoms with Crippen LogP contribution in [0.3, 0.4) is 0 Å². The number of sulfonamides is 1. The first kappa shape index (κ1) is 13.4. The molecule has 0 bridgehead atoms. The third-order valence-corrected chi connectivity index (χ3v) is 5.81. The zero-order valence-corrected chi connectivity index (χ0v) is 11.8. The van der Waals surface area contributed by atoms with E-state index in [2.05, 4.69) is 0 Å². The summed E-state index contributed by atoms with van der Waals surface area (Å²) in [6.45, 7) is 0.0156. The lowest BCUT2D eigenvalue weighted by molar-refractivity contribution is -0.138. The maximum absolute atomic E-state index is 12.4. The molecule has 0 saturated heterocycles. The highest BCUT2D eigenvalue weighted by molar-refractivity contribution is 7.92. The normalized spacial score (nSPS) is 21.8. The number of rotatable bonds is 5. The molecule has 1 aliphatic carbocycles. The minimum Gasteiger partial charge on any atom is -0.481 e. The number of carboxylic acid groups (broad SMARTS) is 1. The van der Waals surface area contributed by atoms with E-state index in [1.165, 1.54) is 4.31 Å². The van der Waals surface area contributed by atoms with Gasteiger partial charge in [0.25, 0.3) is 0 Å². The minimum atomic E-state index is -3.42. The van der Waals surface area contributed by atoms with Gasteiger partial charge in [0.2, 0.25) is 10.0 Å². The van der Waals surface area contributed by atoms with Crippen LogP contribution in [0.15, 0.2) is 24.3 Å². The maximum atomic E-state index is 12.4. The Labute approximate surface area is 118 Å². The fourth-order valence-corrected chi connectivity index (χ4v) is 4.37. The van der Waals surface area contributed by atoms with Gasteiger partial charge in [-0.15, -0.1) is 0 Å². The average Bonchev–Trinajstić information content (AvgIpc) is 3.14. The van der Waals surface area contributed by atoms with Gasteiger partial charge in [-0.25, -0.2) is 8.42 Å². The molecule has 1 unspecified atom stereocenters. The Morgan fingerprint density at radius 3 is 2.65 bits per heavy atom. The summed E-state index contributed by atoms with van der Waals surface area (Å²) in [5.74, 6) is -1.09. The standard InChI is InChI=1S/C14H17NO4S/c16-14(17)12-9-15(13-4-2-1-3-11(12)13)20(18,19)8-7-10-5-6-10/h1-4,10,12H,5-9H2,(H,16,17). The van der Waals surface area contributed by atoms with Crippen molar-refractivity contribution in [2.24, 2.45) is 5.92 Å². The Balaban J connectivity index is 1.88. The lowest BCUT2D eigenvalue weighted by Gasteiger charge is -2.19. The van der Waals surface area contributed by atoms with Gasteiger partial charge in [0.15, 0.2) is 0 Å². The summed E-state index contributed by atoms with van der Waals surface area (Å²) in [6, 6.07) is 6.87. The molecule has 2 aliphatic rings. The Hall–Kier alpha value is -1.56. The number of fused-ring (bicyclic) bond motifs is 1. The second-order valence-corrected chi connectivity index (χ2v) is 7.54. The number of para-hydroxylation sites is 1. The van der Waals surface area contributed by atoms with Crippen LogP contribution in [0.5, 0.6) is 0 Å². The molecule has 108 valence electrons. The van der Waals surface area contributed by atoms with Crippen molar-refractivity contribution in [3.05, 3.63) is 29.8 Å². The first-order valence-corrected chi connectivity index (χ1v) is 8.42. The van der Waals surface area contributed by atoms with Crippen molar-refractivity contribution < 1.29 is 18.3 Å². The predicted octanol–water partition coefficient (Wildman–Crippen LogP) is 1.80. The van der Waals surface area contributed by atoms with Gasteiger partial charge < -0.3 is 5.11 Å². The molecule has 1 saturated carbocycles. The van der Waals surface area contributed by atoms with Crippen LogP contribution in [-0.2, 0) is 14.8 Å². The summed E-state index contributed by atoms with van der Waals surface area (Å²) >= 11 is 0. The molecule has 6 heteroatoms. The molecule has 1 fully saturated rings. The molecule has 0 amide bonds. The highest BCUT2D eigenvalue weighted by Gasteiger charge is 2.39. The highest BCUT2D eigenvalue weighted by atomic mass is 32.2. The van der Waals surface area contributed by atoms with E-state index in [1.54, 1.807) is 24.3 Å². The van der Waals surface area contributed by atoms with Gasteiger partial charge >= 0.3 is 5.97 Å². The summed E-state index contributed by atoms with van der Waals surface area (Å²) < 4.78 is 26.1. The third kappa shape index (κ3) is 2.40. The van der Waals surface area contributed by atoms with Gasteiger partial charge in [0.1, 0.15) is 5.92 Å². The van der Waals surface area contributed by atoms with E-state index >= 15 is 0 Å². The lowest BCUT2D eigenvalue weighted by Crippen LogP contribution is -2.33. The quantitative estimate of drug-likeness (QED) is 0.899. The van der Waals surface area contributed by atoms with Gasteiger partial charge in [-0.2, -0.15) is 0 Å². The predicted molar refractivity (Wildman–Crippen MR) is 75.3 cm³/mol. The molecule has 1 aliphatic heterocycles. The van der Waals surface area contributed by atoms with Gasteiger partial charge in [-0.3, -0.25) is 9.10 Å². The molecule has 1 atom stereocenters. The number of benzene rings is 1. The zero-order chi connectivity index (χ0) is 14.3. The molecule has 3 rings (SSSR count). The number of aliphatic carboxylic acids is 1. The Morgan fingerprint density at radius 1 is 1.30 bits per heavy atom. The van der Waals surface area contributed by atoms with Gasteiger partial charge in [0.05, 0.1) is 18.0 Å².